The molecule has 0 aromatic heterocycles. The Morgan fingerprint density at radius 2 is 1.17 bits per heavy atom. The number of hydrogen-bond acceptors (Lipinski definition) is 6. The topological polar surface area (TPSA) is 90.9 Å². The smallest absolute Gasteiger partial charge is 0.302 e. The van der Waals surface area contributed by atoms with Gasteiger partial charge in [-0.1, -0.05) is 58.3 Å². The Balaban J connectivity index is 4.14. The summed E-state index contributed by atoms with van der Waals surface area (Å²) in [7, 11) is 0. The number of hydrogen-bond donors (Lipinski definition) is 1. The van der Waals surface area contributed by atoms with Gasteiger partial charge in [0.15, 0.2) is 0 Å². The highest BCUT2D eigenvalue weighted by Crippen LogP contribution is 2.19. The lowest BCUT2D eigenvalue weighted by Crippen LogP contribution is -2.55. The molecule has 7 heteroatoms. The maximum absolute atomic E-state index is 11.7. The Morgan fingerprint density at radius 3 is 1.63 bits per heavy atom. The minimum absolute atomic E-state index is 0.00650. The van der Waals surface area contributed by atoms with Crippen LogP contribution >= 0.6 is 0 Å². The summed E-state index contributed by atoms with van der Waals surface area (Å²) in [5.41, 5.74) is -0.877. The Morgan fingerprint density at radius 1 is 0.700 bits per heavy atom. The first-order chi connectivity index (χ1) is 14.3. The molecule has 1 amide bonds. The minimum Gasteiger partial charge on any atom is -0.463 e. The monoisotopic (exact) mass is 429 g/mol. The number of esters is 2. The van der Waals surface area contributed by atoms with Crippen LogP contribution in [0.4, 0.5) is 0 Å². The molecular formula is C23H43NO6. The molecule has 0 bridgehead atoms. The molecule has 176 valence electrons. The average molecular weight is 430 g/mol. The summed E-state index contributed by atoms with van der Waals surface area (Å²) >= 11 is 0. The molecule has 0 heterocycles. The van der Waals surface area contributed by atoms with Gasteiger partial charge in [-0.15, -0.1) is 0 Å². The van der Waals surface area contributed by atoms with E-state index in [1.54, 1.807) is 0 Å². The molecule has 0 rings (SSSR count). The lowest BCUT2D eigenvalue weighted by molar-refractivity contribution is -0.150. The van der Waals surface area contributed by atoms with Crippen molar-refractivity contribution in [2.75, 3.05) is 26.4 Å². The quantitative estimate of drug-likeness (QED) is 0.243. The van der Waals surface area contributed by atoms with Crippen molar-refractivity contribution in [3.8, 4) is 0 Å². The summed E-state index contributed by atoms with van der Waals surface area (Å²) in [5.74, 6) is -1.10. The molecule has 0 fully saturated rings. The molecule has 0 saturated carbocycles. The van der Waals surface area contributed by atoms with Gasteiger partial charge < -0.3 is 19.5 Å². The second-order valence-corrected chi connectivity index (χ2v) is 8.07. The molecule has 0 aliphatic heterocycles. The van der Waals surface area contributed by atoms with Crippen LogP contribution in [0.5, 0.6) is 0 Å². The van der Waals surface area contributed by atoms with Crippen molar-refractivity contribution < 1.29 is 28.6 Å². The lowest BCUT2D eigenvalue weighted by atomic mass is 9.93. The zero-order chi connectivity index (χ0) is 22.7. The third kappa shape index (κ3) is 17.2. The maximum Gasteiger partial charge on any atom is 0.302 e. The lowest BCUT2D eigenvalue weighted by Gasteiger charge is -2.33. The third-order valence-electron chi connectivity index (χ3n) is 4.88. The highest BCUT2D eigenvalue weighted by molar-refractivity contribution is 5.74. The van der Waals surface area contributed by atoms with Gasteiger partial charge in [-0.05, 0) is 19.3 Å². The Kier molecular flexibility index (Phi) is 17.2. The van der Waals surface area contributed by atoms with Crippen molar-refractivity contribution in [1.29, 1.82) is 0 Å². The van der Waals surface area contributed by atoms with Crippen LogP contribution in [0.15, 0.2) is 0 Å². The number of rotatable bonds is 19. The van der Waals surface area contributed by atoms with Crippen LogP contribution in [0, 0.1) is 0 Å². The average Bonchev–Trinajstić information content (AvgIpc) is 2.67. The third-order valence-corrected chi connectivity index (χ3v) is 4.88. The van der Waals surface area contributed by atoms with Gasteiger partial charge in [-0.2, -0.15) is 0 Å². The van der Waals surface area contributed by atoms with E-state index in [-0.39, 0.29) is 19.1 Å². The molecular weight excluding hydrogens is 386 g/mol. The number of ether oxygens (including phenoxy) is 3. The molecule has 0 aromatic carbocycles. The summed E-state index contributed by atoms with van der Waals surface area (Å²) in [6, 6.07) is 0. The second kappa shape index (κ2) is 18.2. The van der Waals surface area contributed by atoms with Crippen LogP contribution in [0.3, 0.4) is 0 Å². The minimum atomic E-state index is -0.877. The van der Waals surface area contributed by atoms with Crippen LogP contribution in [-0.2, 0) is 28.6 Å². The van der Waals surface area contributed by atoms with E-state index >= 15 is 0 Å². The number of amides is 1. The molecule has 0 aliphatic rings. The predicted molar refractivity (Wildman–Crippen MR) is 117 cm³/mol. The highest BCUT2D eigenvalue weighted by atomic mass is 16.5. The van der Waals surface area contributed by atoms with E-state index in [1.807, 2.05) is 0 Å². The van der Waals surface area contributed by atoms with Gasteiger partial charge in [0.1, 0.15) is 18.8 Å². The van der Waals surface area contributed by atoms with Crippen molar-refractivity contribution in [2.24, 2.45) is 0 Å². The van der Waals surface area contributed by atoms with Crippen LogP contribution in [0.1, 0.15) is 98.3 Å². The largest absolute Gasteiger partial charge is 0.463 e. The van der Waals surface area contributed by atoms with E-state index in [1.165, 1.54) is 46.5 Å². The number of nitrogens with one attached hydrogen (secondary N) is 1. The van der Waals surface area contributed by atoms with E-state index in [2.05, 4.69) is 12.2 Å². The highest BCUT2D eigenvalue weighted by Gasteiger charge is 2.33. The Bertz CT molecular complexity index is 462. The molecule has 0 spiro atoms. The number of carbonyl (C=O) groups is 3. The molecule has 1 N–H and O–H groups in total. The van der Waals surface area contributed by atoms with E-state index in [4.69, 9.17) is 14.2 Å². The molecule has 7 nitrogen and oxygen atoms in total. The predicted octanol–water partition coefficient (Wildman–Crippen LogP) is 4.32. The first-order valence-electron chi connectivity index (χ1n) is 11.4. The standard InChI is InChI=1S/C23H43NO6/c1-5-6-13-16-28-17-14-11-9-7-8-10-12-15-23(24-20(2)25,18-29-21(3)26)19-30-22(4)27/h5-19H2,1-4H3,(H,24,25). The summed E-state index contributed by atoms with van der Waals surface area (Å²) in [6.45, 7) is 7.96. The van der Waals surface area contributed by atoms with Crippen LogP contribution < -0.4 is 5.32 Å². The zero-order valence-corrected chi connectivity index (χ0v) is 19.6. The second-order valence-electron chi connectivity index (χ2n) is 8.07. The van der Waals surface area contributed by atoms with Crippen LogP contribution in [-0.4, -0.2) is 49.8 Å². The van der Waals surface area contributed by atoms with Gasteiger partial charge in [0, 0.05) is 34.0 Å². The number of carbonyl (C=O) groups excluding carboxylic acids is 3. The molecule has 0 aromatic rings. The normalized spacial score (nSPS) is 11.2. The fourth-order valence-electron chi connectivity index (χ4n) is 3.28. The van der Waals surface area contributed by atoms with E-state index in [0.717, 1.165) is 51.7 Å². The van der Waals surface area contributed by atoms with Crippen molar-refractivity contribution in [3.63, 3.8) is 0 Å². The van der Waals surface area contributed by atoms with Crippen LogP contribution in [0.25, 0.3) is 0 Å². The van der Waals surface area contributed by atoms with E-state index in [0.29, 0.717) is 6.42 Å². The number of unbranched alkanes of at least 4 members (excludes halogenated alkanes) is 8. The molecule has 0 unspecified atom stereocenters. The fraction of sp³-hybridized carbons (Fsp3) is 0.870. The van der Waals surface area contributed by atoms with Gasteiger partial charge in [-0.3, -0.25) is 14.4 Å². The Labute approximate surface area is 182 Å². The summed E-state index contributed by atoms with van der Waals surface area (Å²) < 4.78 is 15.9. The molecule has 0 radical (unpaired) electrons. The van der Waals surface area contributed by atoms with Gasteiger partial charge in [-0.25, -0.2) is 0 Å². The van der Waals surface area contributed by atoms with Crippen molar-refractivity contribution in [1.82, 2.24) is 5.32 Å². The molecule has 0 atom stereocenters. The molecule has 30 heavy (non-hydrogen) atoms. The molecule has 0 saturated heterocycles. The van der Waals surface area contributed by atoms with Crippen molar-refractivity contribution in [2.45, 2.75) is 104 Å². The molecule has 0 aliphatic carbocycles. The van der Waals surface area contributed by atoms with Gasteiger partial charge >= 0.3 is 11.9 Å². The van der Waals surface area contributed by atoms with E-state index < -0.39 is 17.5 Å². The van der Waals surface area contributed by atoms with Crippen molar-refractivity contribution in [3.05, 3.63) is 0 Å². The summed E-state index contributed by atoms with van der Waals surface area (Å²) in [4.78, 5) is 34.2. The van der Waals surface area contributed by atoms with Gasteiger partial charge in [0.05, 0.1) is 0 Å². The SMILES string of the molecule is CCCCCOCCCCCCCCCC(COC(C)=O)(COC(C)=O)NC(C)=O. The summed E-state index contributed by atoms with van der Waals surface area (Å²) in [5, 5.41) is 2.84. The van der Waals surface area contributed by atoms with Gasteiger partial charge in [0.25, 0.3) is 0 Å². The summed E-state index contributed by atoms with van der Waals surface area (Å²) in [6.07, 6.45) is 11.8. The first-order valence-corrected chi connectivity index (χ1v) is 11.4. The van der Waals surface area contributed by atoms with Crippen LogP contribution in [0.2, 0.25) is 0 Å². The van der Waals surface area contributed by atoms with E-state index in [9.17, 15) is 14.4 Å². The Hall–Kier alpha value is -1.63. The first kappa shape index (κ1) is 28.4. The van der Waals surface area contributed by atoms with Gasteiger partial charge in [0.2, 0.25) is 5.91 Å². The maximum atomic E-state index is 11.7. The van der Waals surface area contributed by atoms with Crippen molar-refractivity contribution >= 4 is 17.8 Å². The zero-order valence-electron chi connectivity index (χ0n) is 19.6. The fourth-order valence-corrected chi connectivity index (χ4v) is 3.28.